The molecule has 0 spiro atoms. The van der Waals surface area contributed by atoms with Gasteiger partial charge < -0.3 is 4.42 Å². The van der Waals surface area contributed by atoms with E-state index in [1.165, 1.54) is 24.5 Å². The molecule has 0 saturated carbocycles. The van der Waals surface area contributed by atoms with Crippen LogP contribution in [-0.2, 0) is 20.0 Å². The van der Waals surface area contributed by atoms with Crippen molar-refractivity contribution in [1.29, 1.82) is 0 Å². The lowest BCUT2D eigenvalue weighted by Gasteiger charge is -2.17. The van der Waals surface area contributed by atoms with Gasteiger partial charge in [0.15, 0.2) is 9.84 Å². The maximum Gasteiger partial charge on any atom is 0.277 e. The molecule has 2 aromatic rings. The Morgan fingerprint density at radius 1 is 1.00 bits per heavy atom. The van der Waals surface area contributed by atoms with Crippen molar-refractivity contribution in [3.63, 3.8) is 0 Å². The zero-order chi connectivity index (χ0) is 17.8. The summed E-state index contributed by atoms with van der Waals surface area (Å²) in [5.74, 6) is 0.172. The molecule has 0 aliphatic rings. The maximum atomic E-state index is 12.9. The zero-order valence-electron chi connectivity index (χ0n) is 13.3. The molecular weight excluding hydrogens is 352 g/mol. The van der Waals surface area contributed by atoms with E-state index < -0.39 is 25.3 Å². The van der Waals surface area contributed by atoms with Crippen LogP contribution in [0, 0.1) is 0 Å². The van der Waals surface area contributed by atoms with E-state index in [4.69, 9.17) is 4.42 Å². The largest absolute Gasteiger partial charge is 0.468 e. The highest BCUT2D eigenvalue weighted by Gasteiger charge is 2.32. The molecule has 0 radical (unpaired) electrons. The van der Waals surface area contributed by atoms with Gasteiger partial charge in [0.05, 0.1) is 11.2 Å². The van der Waals surface area contributed by atoms with E-state index in [0.29, 0.717) is 0 Å². The number of rotatable bonds is 8. The molecule has 0 saturated heterocycles. The van der Waals surface area contributed by atoms with Crippen LogP contribution in [0.15, 0.2) is 58.0 Å². The molecule has 1 aromatic carbocycles. The Morgan fingerprint density at radius 2 is 1.67 bits per heavy atom. The molecule has 2 rings (SSSR count). The van der Waals surface area contributed by atoms with E-state index in [0.717, 1.165) is 0 Å². The third kappa shape index (κ3) is 4.67. The number of furan rings is 1. The Hall–Kier alpha value is -1.68. The van der Waals surface area contributed by atoms with Gasteiger partial charge >= 0.3 is 0 Å². The van der Waals surface area contributed by atoms with Gasteiger partial charge in [-0.05, 0) is 38.1 Å². The lowest BCUT2D eigenvalue weighted by atomic mass is 10.3. The summed E-state index contributed by atoms with van der Waals surface area (Å²) in [4.78, 5) is 0.0995. The van der Waals surface area contributed by atoms with Crippen LogP contribution < -0.4 is 9.44 Å². The Labute approximate surface area is 142 Å². The Morgan fingerprint density at radius 3 is 2.21 bits per heavy atom. The first-order valence-electron chi connectivity index (χ1n) is 7.31. The second-order valence-electron chi connectivity index (χ2n) is 5.49. The lowest BCUT2D eigenvalue weighted by molar-refractivity contribution is 0.485. The van der Waals surface area contributed by atoms with Gasteiger partial charge in [-0.25, -0.2) is 13.1 Å². The molecule has 2 N–H and O–H groups in total. The summed E-state index contributed by atoms with van der Waals surface area (Å²) < 4.78 is 59.4. The Balaban J connectivity index is 2.31. The predicted molar refractivity (Wildman–Crippen MR) is 90.3 cm³/mol. The van der Waals surface area contributed by atoms with Crippen LogP contribution in [0.25, 0.3) is 0 Å². The molecule has 0 fully saturated rings. The van der Waals surface area contributed by atoms with Gasteiger partial charge in [0.2, 0.25) is 0 Å². The van der Waals surface area contributed by atoms with E-state index >= 15 is 0 Å². The van der Waals surface area contributed by atoms with E-state index in [1.807, 2.05) is 0 Å². The number of sulfone groups is 1. The topological polar surface area (TPSA) is 105 Å². The second-order valence-corrected chi connectivity index (χ2v) is 9.15. The minimum Gasteiger partial charge on any atom is -0.468 e. The molecule has 0 aliphatic heterocycles. The molecule has 1 atom stereocenters. The Kier molecular flexibility index (Phi) is 5.81. The molecular formula is C15H20N2O5S2. The van der Waals surface area contributed by atoms with Gasteiger partial charge in [-0.1, -0.05) is 18.2 Å². The van der Waals surface area contributed by atoms with Crippen LogP contribution in [0.2, 0.25) is 0 Å². The summed E-state index contributed by atoms with van der Waals surface area (Å²) in [6.07, 6.45) is 1.35. The fourth-order valence-electron chi connectivity index (χ4n) is 2.15. The van der Waals surface area contributed by atoms with E-state index in [2.05, 4.69) is 9.44 Å². The fraction of sp³-hybridized carbons (Fsp3) is 0.333. The van der Waals surface area contributed by atoms with Crippen LogP contribution in [0.4, 0.5) is 0 Å². The first kappa shape index (κ1) is 18.7. The standard InChI is InChI=1S/C15H20N2O5S2/c1-12(2)17-24(20,21)16-11-15(14-9-6-10-22-14)23(18,19)13-7-4-3-5-8-13/h3-10,12,15-17H,11H2,1-2H3. The lowest BCUT2D eigenvalue weighted by Crippen LogP contribution is -2.42. The van der Waals surface area contributed by atoms with Crippen molar-refractivity contribution in [2.24, 2.45) is 0 Å². The predicted octanol–water partition coefficient (Wildman–Crippen LogP) is 1.63. The molecule has 24 heavy (non-hydrogen) atoms. The van der Waals surface area contributed by atoms with Crippen molar-refractivity contribution in [2.45, 2.75) is 30.0 Å². The van der Waals surface area contributed by atoms with Crippen molar-refractivity contribution in [2.75, 3.05) is 6.54 Å². The van der Waals surface area contributed by atoms with E-state index in [1.54, 1.807) is 38.1 Å². The fourth-order valence-corrected chi connectivity index (χ4v) is 4.95. The Bertz CT molecular complexity index is 845. The molecule has 7 nitrogen and oxygen atoms in total. The summed E-state index contributed by atoms with van der Waals surface area (Å²) in [6.45, 7) is 3.00. The first-order chi connectivity index (χ1) is 11.2. The van der Waals surface area contributed by atoms with Gasteiger partial charge in [-0.15, -0.1) is 0 Å². The zero-order valence-corrected chi connectivity index (χ0v) is 15.0. The van der Waals surface area contributed by atoms with Gasteiger partial charge in [0, 0.05) is 12.6 Å². The summed E-state index contributed by atoms with van der Waals surface area (Å²) in [5.41, 5.74) is 0. The van der Waals surface area contributed by atoms with Gasteiger partial charge in [-0.2, -0.15) is 13.1 Å². The van der Waals surface area contributed by atoms with E-state index in [-0.39, 0.29) is 23.2 Å². The number of benzene rings is 1. The van der Waals surface area contributed by atoms with Crippen LogP contribution in [-0.4, -0.2) is 29.4 Å². The minimum atomic E-state index is -3.82. The number of nitrogens with one attached hydrogen (secondary N) is 2. The highest BCUT2D eigenvalue weighted by Crippen LogP contribution is 2.28. The van der Waals surface area contributed by atoms with Crippen molar-refractivity contribution < 1.29 is 21.3 Å². The molecule has 132 valence electrons. The van der Waals surface area contributed by atoms with Gasteiger partial charge in [-0.3, -0.25) is 0 Å². The second kappa shape index (κ2) is 7.47. The summed E-state index contributed by atoms with van der Waals surface area (Å²) in [7, 11) is -7.64. The molecule has 0 amide bonds. The summed E-state index contributed by atoms with van der Waals surface area (Å²) in [5, 5.41) is -1.17. The van der Waals surface area contributed by atoms with Crippen LogP contribution in [0.5, 0.6) is 0 Å². The van der Waals surface area contributed by atoms with Crippen molar-refractivity contribution in [3.05, 3.63) is 54.5 Å². The van der Waals surface area contributed by atoms with Crippen molar-refractivity contribution >= 4 is 20.0 Å². The molecule has 9 heteroatoms. The quantitative estimate of drug-likeness (QED) is 0.733. The van der Waals surface area contributed by atoms with Crippen LogP contribution >= 0.6 is 0 Å². The monoisotopic (exact) mass is 372 g/mol. The SMILES string of the molecule is CC(C)NS(=O)(=O)NCC(c1ccco1)S(=O)(=O)c1ccccc1. The van der Waals surface area contributed by atoms with Gasteiger partial charge in [0.25, 0.3) is 10.2 Å². The first-order valence-corrected chi connectivity index (χ1v) is 10.3. The number of hydrogen-bond donors (Lipinski definition) is 2. The minimum absolute atomic E-state index is 0.0995. The molecule has 1 aromatic heterocycles. The number of hydrogen-bond acceptors (Lipinski definition) is 5. The van der Waals surface area contributed by atoms with Crippen LogP contribution in [0.3, 0.4) is 0 Å². The normalized spacial score (nSPS) is 14.0. The smallest absolute Gasteiger partial charge is 0.277 e. The average Bonchev–Trinajstić information content (AvgIpc) is 3.00. The van der Waals surface area contributed by atoms with E-state index in [9.17, 15) is 16.8 Å². The highest BCUT2D eigenvalue weighted by molar-refractivity contribution is 7.92. The third-order valence-electron chi connectivity index (χ3n) is 3.16. The maximum absolute atomic E-state index is 12.9. The third-order valence-corrected chi connectivity index (χ3v) is 6.56. The molecule has 0 aliphatic carbocycles. The molecule has 0 bridgehead atoms. The van der Waals surface area contributed by atoms with Crippen molar-refractivity contribution in [1.82, 2.24) is 9.44 Å². The summed E-state index contributed by atoms with van der Waals surface area (Å²) in [6, 6.07) is 10.6. The molecule has 1 heterocycles. The van der Waals surface area contributed by atoms with Crippen molar-refractivity contribution in [3.8, 4) is 0 Å². The highest BCUT2D eigenvalue weighted by atomic mass is 32.2. The van der Waals surface area contributed by atoms with Gasteiger partial charge in [0.1, 0.15) is 11.0 Å². The van der Waals surface area contributed by atoms with Crippen LogP contribution in [0.1, 0.15) is 24.9 Å². The summed E-state index contributed by atoms with van der Waals surface area (Å²) >= 11 is 0. The molecule has 1 unspecified atom stereocenters. The average molecular weight is 372 g/mol.